The van der Waals surface area contributed by atoms with Gasteiger partial charge in [-0.1, -0.05) is 18.2 Å². The molecule has 1 atom stereocenters. The van der Waals surface area contributed by atoms with Crippen molar-refractivity contribution in [1.82, 2.24) is 10.3 Å². The number of amides is 1. The fourth-order valence-electron chi connectivity index (χ4n) is 1.79. The van der Waals surface area contributed by atoms with E-state index in [1.54, 1.807) is 6.20 Å². The number of hydrogen-bond acceptors (Lipinski definition) is 4. The number of carbonyl (C=O) groups is 1. The number of pyridine rings is 1. The number of benzene rings is 1. The summed E-state index contributed by atoms with van der Waals surface area (Å²) in [4.78, 5) is 16.0. The van der Waals surface area contributed by atoms with Gasteiger partial charge in [0.1, 0.15) is 6.04 Å². The zero-order chi connectivity index (χ0) is 13.7. The van der Waals surface area contributed by atoms with Crippen LogP contribution < -0.4 is 11.1 Å². The van der Waals surface area contributed by atoms with E-state index in [1.807, 2.05) is 30.3 Å². The number of aromatic nitrogens is 1. The van der Waals surface area contributed by atoms with Crippen molar-refractivity contribution in [1.29, 1.82) is 0 Å². The van der Waals surface area contributed by atoms with Crippen LogP contribution in [0.4, 0.5) is 0 Å². The lowest BCUT2D eigenvalue weighted by atomic mass is 10.1. The second-order valence-electron chi connectivity index (χ2n) is 4.32. The Bertz CT molecular complexity index is 581. The van der Waals surface area contributed by atoms with Crippen molar-refractivity contribution in [3.05, 3.63) is 42.1 Å². The third-order valence-corrected chi connectivity index (χ3v) is 2.80. The van der Waals surface area contributed by atoms with Gasteiger partial charge in [0.25, 0.3) is 0 Å². The molecule has 1 heterocycles. The van der Waals surface area contributed by atoms with Crippen LogP contribution >= 0.6 is 24.8 Å². The first-order valence-corrected chi connectivity index (χ1v) is 6.06. The van der Waals surface area contributed by atoms with E-state index in [9.17, 15) is 4.79 Å². The summed E-state index contributed by atoms with van der Waals surface area (Å²) >= 11 is 0. The maximum absolute atomic E-state index is 11.6. The first kappa shape index (κ1) is 19.6. The molecule has 116 valence electrons. The average molecular weight is 332 g/mol. The quantitative estimate of drug-likeness (QED) is 0.873. The summed E-state index contributed by atoms with van der Waals surface area (Å²) in [6.07, 6.45) is 1.75. The fourth-order valence-corrected chi connectivity index (χ4v) is 1.79. The van der Waals surface area contributed by atoms with Gasteiger partial charge >= 0.3 is 0 Å². The van der Waals surface area contributed by atoms with Crippen LogP contribution in [0.1, 0.15) is 5.56 Å². The molecular weight excluding hydrogens is 313 g/mol. The highest BCUT2D eigenvalue weighted by Gasteiger charge is 2.12. The molecule has 1 unspecified atom stereocenters. The number of ether oxygens (including phenoxy) is 1. The summed E-state index contributed by atoms with van der Waals surface area (Å²) in [5.41, 5.74) is 7.51. The molecule has 1 aromatic carbocycles. The summed E-state index contributed by atoms with van der Waals surface area (Å²) in [6, 6.07) is 9.21. The lowest BCUT2D eigenvalue weighted by Crippen LogP contribution is -2.43. The topological polar surface area (TPSA) is 77.2 Å². The Morgan fingerprint density at radius 1 is 1.38 bits per heavy atom. The van der Waals surface area contributed by atoms with Gasteiger partial charge < -0.3 is 15.8 Å². The number of hydrogen-bond donors (Lipinski definition) is 2. The zero-order valence-corrected chi connectivity index (χ0v) is 13.2. The van der Waals surface area contributed by atoms with Crippen LogP contribution in [-0.4, -0.2) is 30.6 Å². The number of nitrogens with one attached hydrogen (secondary N) is 1. The Morgan fingerprint density at radius 2 is 2.10 bits per heavy atom. The van der Waals surface area contributed by atoms with Crippen molar-refractivity contribution in [2.75, 3.05) is 13.7 Å². The van der Waals surface area contributed by atoms with E-state index in [-0.39, 0.29) is 37.3 Å². The largest absolute Gasteiger partial charge is 0.383 e. The van der Waals surface area contributed by atoms with Gasteiger partial charge in [-0.15, -0.1) is 24.8 Å². The van der Waals surface area contributed by atoms with E-state index in [4.69, 9.17) is 10.5 Å². The number of nitrogens with two attached hydrogens (primary N) is 1. The Balaban J connectivity index is 0.00000200. The molecule has 0 aliphatic carbocycles. The number of methoxy groups -OCH3 is 1. The Labute approximate surface area is 136 Å². The van der Waals surface area contributed by atoms with Gasteiger partial charge in [0, 0.05) is 25.2 Å². The van der Waals surface area contributed by atoms with E-state index in [2.05, 4.69) is 10.3 Å². The fraction of sp³-hybridized carbons (Fsp3) is 0.286. The van der Waals surface area contributed by atoms with E-state index in [0.29, 0.717) is 6.54 Å². The van der Waals surface area contributed by atoms with E-state index in [1.165, 1.54) is 7.11 Å². The van der Waals surface area contributed by atoms with Crippen LogP contribution in [0.3, 0.4) is 0 Å². The van der Waals surface area contributed by atoms with Crippen LogP contribution in [0, 0.1) is 0 Å². The first-order valence-electron chi connectivity index (χ1n) is 6.06. The van der Waals surface area contributed by atoms with Crippen LogP contribution in [0.2, 0.25) is 0 Å². The van der Waals surface area contributed by atoms with Crippen molar-refractivity contribution in [2.45, 2.75) is 12.6 Å². The van der Waals surface area contributed by atoms with Gasteiger partial charge in [-0.3, -0.25) is 9.78 Å². The number of fused-ring (bicyclic) bond motifs is 1. The van der Waals surface area contributed by atoms with Gasteiger partial charge in [-0.25, -0.2) is 0 Å². The molecule has 0 aliphatic rings. The minimum absolute atomic E-state index is 0. The lowest BCUT2D eigenvalue weighted by molar-refractivity contribution is -0.123. The predicted octanol–water partition coefficient (Wildman–Crippen LogP) is 1.67. The monoisotopic (exact) mass is 331 g/mol. The second-order valence-corrected chi connectivity index (χ2v) is 4.32. The molecule has 1 aromatic heterocycles. The maximum Gasteiger partial charge on any atom is 0.239 e. The molecule has 0 aliphatic heterocycles. The number of nitrogens with zero attached hydrogens (tertiary/aromatic N) is 1. The minimum Gasteiger partial charge on any atom is -0.383 e. The molecule has 3 N–H and O–H groups in total. The molecule has 0 bridgehead atoms. The zero-order valence-electron chi connectivity index (χ0n) is 11.6. The Hall–Kier alpha value is -1.40. The van der Waals surface area contributed by atoms with Crippen molar-refractivity contribution >= 4 is 41.6 Å². The van der Waals surface area contributed by atoms with E-state index >= 15 is 0 Å². The summed E-state index contributed by atoms with van der Waals surface area (Å²) in [5, 5.41) is 3.82. The standard InChI is InChI=1S/C14H17N3O2.2ClH/c1-19-9-12(15)14(18)17-8-10-6-11-4-2-3-5-13(11)16-7-10;;/h2-7,12H,8-9,15H2,1H3,(H,17,18);2*1H. The van der Waals surface area contributed by atoms with Gasteiger partial charge in [0.2, 0.25) is 5.91 Å². The molecule has 0 spiro atoms. The second kappa shape index (κ2) is 9.52. The minimum atomic E-state index is -0.640. The van der Waals surface area contributed by atoms with Gasteiger partial charge in [-0.05, 0) is 17.7 Å². The Kier molecular flexibility index (Phi) is 8.89. The smallest absolute Gasteiger partial charge is 0.239 e. The van der Waals surface area contributed by atoms with E-state index < -0.39 is 6.04 Å². The molecule has 2 aromatic rings. The molecular formula is C14H19Cl2N3O2. The van der Waals surface area contributed by atoms with Crippen LogP contribution in [0.15, 0.2) is 36.5 Å². The molecule has 0 saturated carbocycles. The lowest BCUT2D eigenvalue weighted by Gasteiger charge is -2.11. The van der Waals surface area contributed by atoms with Gasteiger partial charge in [-0.2, -0.15) is 0 Å². The molecule has 0 saturated heterocycles. The van der Waals surface area contributed by atoms with Crippen molar-refractivity contribution in [2.24, 2.45) is 5.73 Å². The highest BCUT2D eigenvalue weighted by atomic mass is 35.5. The maximum atomic E-state index is 11.6. The van der Waals surface area contributed by atoms with E-state index in [0.717, 1.165) is 16.5 Å². The molecule has 5 nitrogen and oxygen atoms in total. The summed E-state index contributed by atoms with van der Waals surface area (Å²) < 4.78 is 4.84. The molecule has 2 rings (SSSR count). The molecule has 7 heteroatoms. The highest BCUT2D eigenvalue weighted by Crippen LogP contribution is 2.12. The van der Waals surface area contributed by atoms with Crippen LogP contribution in [-0.2, 0) is 16.1 Å². The van der Waals surface area contributed by atoms with Crippen LogP contribution in [0.25, 0.3) is 10.9 Å². The normalized spacial score (nSPS) is 11.1. The summed E-state index contributed by atoms with van der Waals surface area (Å²) in [5.74, 6) is -0.227. The number of para-hydroxylation sites is 1. The van der Waals surface area contributed by atoms with Crippen molar-refractivity contribution in [3.63, 3.8) is 0 Å². The third-order valence-electron chi connectivity index (χ3n) is 2.80. The Morgan fingerprint density at radius 3 is 2.81 bits per heavy atom. The first-order chi connectivity index (χ1) is 9.20. The summed E-state index contributed by atoms with van der Waals surface area (Å²) in [6.45, 7) is 0.621. The molecule has 0 fully saturated rings. The molecule has 1 amide bonds. The third kappa shape index (κ3) is 5.47. The predicted molar refractivity (Wildman–Crippen MR) is 87.9 cm³/mol. The van der Waals surface area contributed by atoms with Crippen molar-refractivity contribution in [3.8, 4) is 0 Å². The highest BCUT2D eigenvalue weighted by molar-refractivity contribution is 5.85. The van der Waals surface area contributed by atoms with Gasteiger partial charge in [0.05, 0.1) is 12.1 Å². The van der Waals surface area contributed by atoms with Gasteiger partial charge in [0.15, 0.2) is 0 Å². The SMILES string of the molecule is COCC(N)C(=O)NCc1cnc2ccccc2c1.Cl.Cl. The number of rotatable bonds is 5. The molecule has 21 heavy (non-hydrogen) atoms. The summed E-state index contributed by atoms with van der Waals surface area (Å²) in [7, 11) is 1.51. The van der Waals surface area contributed by atoms with Crippen LogP contribution in [0.5, 0.6) is 0 Å². The average Bonchev–Trinajstić information content (AvgIpc) is 2.44. The number of carbonyl (C=O) groups excluding carboxylic acids is 1. The number of halogens is 2. The molecule has 0 radical (unpaired) electrons. The van der Waals surface area contributed by atoms with Crippen molar-refractivity contribution < 1.29 is 9.53 Å².